The van der Waals surface area contributed by atoms with E-state index in [-0.39, 0.29) is 0 Å². The van der Waals surface area contributed by atoms with Crippen LogP contribution in [-0.2, 0) is 4.79 Å². The summed E-state index contributed by atoms with van der Waals surface area (Å²) >= 11 is 3.55. The van der Waals surface area contributed by atoms with Gasteiger partial charge >= 0.3 is 0 Å². The highest BCUT2D eigenvalue weighted by atomic mass is 127. The fourth-order valence-corrected chi connectivity index (χ4v) is 1.94. The Hall–Kier alpha value is -0.190. The molecule has 9 heavy (non-hydrogen) atoms. The SMILES string of the molecule is O=C=Nc1sccc1I. The van der Waals surface area contributed by atoms with E-state index < -0.39 is 0 Å². The van der Waals surface area contributed by atoms with Gasteiger partial charge in [0, 0.05) is 0 Å². The molecule has 0 saturated heterocycles. The molecule has 0 spiro atoms. The molecule has 0 N–H and O–H groups in total. The molecular formula is C5H2INOS. The molecule has 1 aromatic rings. The van der Waals surface area contributed by atoms with Gasteiger partial charge in [-0.2, -0.15) is 4.99 Å². The molecule has 0 radical (unpaired) electrons. The van der Waals surface area contributed by atoms with Gasteiger partial charge < -0.3 is 0 Å². The summed E-state index contributed by atoms with van der Waals surface area (Å²) < 4.78 is 1.00. The maximum atomic E-state index is 9.74. The van der Waals surface area contributed by atoms with Gasteiger partial charge in [-0.25, -0.2) is 4.79 Å². The molecule has 1 aromatic heterocycles. The Morgan fingerprint density at radius 2 is 2.56 bits per heavy atom. The first-order valence-corrected chi connectivity index (χ1v) is 4.11. The van der Waals surface area contributed by atoms with Crippen molar-refractivity contribution in [3.8, 4) is 0 Å². The van der Waals surface area contributed by atoms with Crippen molar-refractivity contribution in [3.63, 3.8) is 0 Å². The normalized spacial score (nSPS) is 8.56. The molecule has 0 fully saturated rings. The van der Waals surface area contributed by atoms with Crippen molar-refractivity contribution in [1.82, 2.24) is 0 Å². The molecule has 0 bridgehead atoms. The molecule has 0 unspecified atom stereocenters. The van der Waals surface area contributed by atoms with Crippen LogP contribution in [0.1, 0.15) is 0 Å². The summed E-state index contributed by atoms with van der Waals surface area (Å²) in [7, 11) is 0. The lowest BCUT2D eigenvalue weighted by atomic mass is 10.6. The Morgan fingerprint density at radius 1 is 1.78 bits per heavy atom. The van der Waals surface area contributed by atoms with Crippen molar-refractivity contribution >= 4 is 45.0 Å². The van der Waals surface area contributed by atoms with Gasteiger partial charge in [0.1, 0.15) is 5.00 Å². The molecule has 46 valence electrons. The summed E-state index contributed by atoms with van der Waals surface area (Å²) in [5, 5.41) is 2.63. The highest BCUT2D eigenvalue weighted by molar-refractivity contribution is 14.1. The Morgan fingerprint density at radius 3 is 3.00 bits per heavy atom. The van der Waals surface area contributed by atoms with E-state index in [9.17, 15) is 4.79 Å². The van der Waals surface area contributed by atoms with E-state index in [1.165, 1.54) is 17.4 Å². The largest absolute Gasteiger partial charge is 0.241 e. The third-order valence-corrected chi connectivity index (χ3v) is 2.79. The molecule has 4 heteroatoms. The lowest BCUT2D eigenvalue weighted by molar-refractivity contribution is 0.565. The quantitative estimate of drug-likeness (QED) is 0.428. The number of carbonyl (C=O) groups excluding carboxylic acids is 1. The molecule has 0 aliphatic rings. The van der Waals surface area contributed by atoms with Gasteiger partial charge in [0.25, 0.3) is 0 Å². The molecule has 0 aromatic carbocycles. The van der Waals surface area contributed by atoms with Crippen LogP contribution >= 0.6 is 33.9 Å². The maximum absolute atomic E-state index is 9.74. The highest BCUT2D eigenvalue weighted by Gasteiger charge is 1.95. The van der Waals surface area contributed by atoms with Crippen molar-refractivity contribution in [3.05, 3.63) is 15.0 Å². The Labute approximate surface area is 69.8 Å². The number of hydrogen-bond donors (Lipinski definition) is 0. The Kier molecular flexibility index (Phi) is 2.38. The van der Waals surface area contributed by atoms with Crippen LogP contribution in [0.5, 0.6) is 0 Å². The second-order valence-electron chi connectivity index (χ2n) is 1.28. The van der Waals surface area contributed by atoms with Crippen molar-refractivity contribution < 1.29 is 4.79 Å². The first kappa shape index (κ1) is 6.92. The van der Waals surface area contributed by atoms with Crippen molar-refractivity contribution in [1.29, 1.82) is 0 Å². The number of thiophene rings is 1. The predicted octanol–water partition coefficient (Wildman–Crippen LogP) is 2.32. The summed E-state index contributed by atoms with van der Waals surface area (Å²) in [6.45, 7) is 0. The smallest absolute Gasteiger partial charge is 0.211 e. The zero-order chi connectivity index (χ0) is 6.69. The Balaban J connectivity index is 3.07. The van der Waals surface area contributed by atoms with Crippen LogP contribution in [0, 0.1) is 3.57 Å². The van der Waals surface area contributed by atoms with Gasteiger partial charge in [0.2, 0.25) is 6.08 Å². The number of isocyanates is 1. The molecule has 1 heterocycles. The van der Waals surface area contributed by atoms with E-state index in [0.29, 0.717) is 0 Å². The van der Waals surface area contributed by atoms with Crippen molar-refractivity contribution in [2.45, 2.75) is 0 Å². The highest BCUT2D eigenvalue weighted by Crippen LogP contribution is 2.26. The van der Waals surface area contributed by atoms with Gasteiger partial charge in [-0.3, -0.25) is 0 Å². The zero-order valence-electron chi connectivity index (χ0n) is 4.30. The number of hydrogen-bond acceptors (Lipinski definition) is 3. The maximum Gasteiger partial charge on any atom is 0.241 e. The summed E-state index contributed by atoms with van der Waals surface area (Å²) in [6, 6.07) is 1.90. The molecular weight excluding hydrogens is 249 g/mol. The first-order chi connectivity index (χ1) is 4.34. The van der Waals surface area contributed by atoms with Gasteiger partial charge in [0.15, 0.2) is 0 Å². The second-order valence-corrected chi connectivity index (χ2v) is 3.33. The number of rotatable bonds is 1. The van der Waals surface area contributed by atoms with Crippen LogP contribution in [0.15, 0.2) is 16.4 Å². The third-order valence-electron chi connectivity index (χ3n) is 0.746. The van der Waals surface area contributed by atoms with Gasteiger partial charge in [-0.15, -0.1) is 11.3 Å². The predicted molar refractivity (Wildman–Crippen MR) is 44.8 cm³/mol. The lowest BCUT2D eigenvalue weighted by Gasteiger charge is -1.78. The molecule has 0 aliphatic carbocycles. The fraction of sp³-hybridized carbons (Fsp3) is 0. The summed E-state index contributed by atoms with van der Waals surface area (Å²) in [5.74, 6) is 0. The number of nitrogens with zero attached hydrogens (tertiary/aromatic N) is 1. The van der Waals surface area contributed by atoms with E-state index in [1.54, 1.807) is 0 Å². The number of halogens is 1. The lowest BCUT2D eigenvalue weighted by Crippen LogP contribution is -1.56. The summed E-state index contributed by atoms with van der Waals surface area (Å²) in [6.07, 6.45) is 1.49. The van der Waals surface area contributed by atoms with Crippen LogP contribution in [-0.4, -0.2) is 6.08 Å². The minimum Gasteiger partial charge on any atom is -0.211 e. The van der Waals surface area contributed by atoms with Crippen LogP contribution in [0.25, 0.3) is 0 Å². The third kappa shape index (κ3) is 1.61. The fourth-order valence-electron chi connectivity index (χ4n) is 0.407. The monoisotopic (exact) mass is 251 g/mol. The minimum absolute atomic E-state index is 0.741. The topological polar surface area (TPSA) is 29.4 Å². The van der Waals surface area contributed by atoms with Crippen molar-refractivity contribution in [2.24, 2.45) is 4.99 Å². The average Bonchev–Trinajstić information content (AvgIpc) is 2.18. The van der Waals surface area contributed by atoms with E-state index >= 15 is 0 Å². The first-order valence-electron chi connectivity index (χ1n) is 2.15. The summed E-state index contributed by atoms with van der Waals surface area (Å²) in [5.41, 5.74) is 0. The van der Waals surface area contributed by atoms with Crippen molar-refractivity contribution in [2.75, 3.05) is 0 Å². The van der Waals surface area contributed by atoms with E-state index in [0.717, 1.165) is 8.57 Å². The minimum atomic E-state index is 0.741. The van der Waals surface area contributed by atoms with E-state index in [4.69, 9.17) is 0 Å². The Bertz CT molecular complexity index is 251. The number of aliphatic imine (C=N–C) groups is 1. The standard InChI is InChI=1S/C5H2INOS/c6-4-1-2-9-5(4)7-3-8/h1-2H. The molecule has 0 atom stereocenters. The van der Waals surface area contributed by atoms with Gasteiger partial charge in [-0.05, 0) is 34.0 Å². The van der Waals surface area contributed by atoms with E-state index in [2.05, 4.69) is 27.6 Å². The van der Waals surface area contributed by atoms with E-state index in [1.807, 2.05) is 11.4 Å². The molecule has 2 nitrogen and oxygen atoms in total. The molecule has 1 rings (SSSR count). The average molecular weight is 251 g/mol. The van der Waals surface area contributed by atoms with Crippen LogP contribution in [0.4, 0.5) is 5.00 Å². The van der Waals surface area contributed by atoms with Gasteiger partial charge in [0.05, 0.1) is 3.57 Å². The molecule has 0 amide bonds. The zero-order valence-corrected chi connectivity index (χ0v) is 7.27. The van der Waals surface area contributed by atoms with Crippen LogP contribution in [0.2, 0.25) is 0 Å². The van der Waals surface area contributed by atoms with Gasteiger partial charge in [-0.1, -0.05) is 0 Å². The van der Waals surface area contributed by atoms with Crippen LogP contribution < -0.4 is 0 Å². The molecule has 0 aliphatic heterocycles. The second kappa shape index (κ2) is 3.10. The summed E-state index contributed by atoms with van der Waals surface area (Å²) in [4.78, 5) is 13.2. The van der Waals surface area contributed by atoms with Crippen LogP contribution in [0.3, 0.4) is 0 Å². The molecule has 0 saturated carbocycles.